The van der Waals surface area contributed by atoms with Gasteiger partial charge < -0.3 is 15.5 Å². The number of nitro benzene ring substituents is 1. The van der Waals surface area contributed by atoms with Crippen molar-refractivity contribution in [2.24, 2.45) is 0 Å². The number of halogens is 1. The molecule has 0 aliphatic heterocycles. The third-order valence-corrected chi connectivity index (χ3v) is 4.29. The van der Waals surface area contributed by atoms with Gasteiger partial charge in [-0.05, 0) is 26.2 Å². The summed E-state index contributed by atoms with van der Waals surface area (Å²) in [6, 6.07) is 15.7. The summed E-state index contributed by atoms with van der Waals surface area (Å²) in [6.45, 7) is 1.46. The molecule has 1 aromatic heterocycles. The minimum atomic E-state index is -0.464. The molecule has 3 aromatic rings. The lowest BCUT2D eigenvalue weighted by molar-refractivity contribution is -0.383. The molecule has 0 unspecified atom stereocenters. The Morgan fingerprint density at radius 3 is 2.55 bits per heavy atom. The lowest BCUT2D eigenvalue weighted by atomic mass is 10.1. The molecule has 0 amide bonds. The number of likely N-dealkylation sites (N-methyl/N-ethyl adjacent to an activating group) is 1. The predicted molar refractivity (Wildman–Crippen MR) is 116 cm³/mol. The van der Waals surface area contributed by atoms with E-state index in [4.69, 9.17) is 11.6 Å². The number of benzene rings is 2. The summed E-state index contributed by atoms with van der Waals surface area (Å²) < 4.78 is 0. The topological polar surface area (TPSA) is 96.2 Å². The molecule has 0 aliphatic carbocycles. The molecule has 0 aliphatic rings. The van der Waals surface area contributed by atoms with E-state index in [-0.39, 0.29) is 11.4 Å². The highest BCUT2D eigenvalue weighted by molar-refractivity contribution is 6.31. The van der Waals surface area contributed by atoms with Crippen molar-refractivity contribution < 1.29 is 4.92 Å². The monoisotopic (exact) mass is 412 g/mol. The van der Waals surface area contributed by atoms with Crippen molar-refractivity contribution in [2.45, 2.75) is 0 Å². The fourth-order valence-electron chi connectivity index (χ4n) is 2.64. The zero-order valence-corrected chi connectivity index (χ0v) is 16.8. The Balaban J connectivity index is 1.97. The molecule has 0 radical (unpaired) electrons. The van der Waals surface area contributed by atoms with Crippen molar-refractivity contribution in [1.29, 1.82) is 0 Å². The summed E-state index contributed by atoms with van der Waals surface area (Å²) in [7, 11) is 3.96. The third kappa shape index (κ3) is 5.63. The molecule has 2 N–H and O–H groups in total. The highest BCUT2D eigenvalue weighted by Gasteiger charge is 2.16. The summed E-state index contributed by atoms with van der Waals surface area (Å²) >= 11 is 6.03. The first-order valence-electron chi connectivity index (χ1n) is 8.96. The molecule has 0 spiro atoms. The number of aromatic nitrogens is 2. The molecular formula is C20H21ClN6O2. The van der Waals surface area contributed by atoms with Crippen LogP contribution in [0.2, 0.25) is 5.02 Å². The second kappa shape index (κ2) is 9.31. The number of nitrogens with one attached hydrogen (secondary N) is 2. The standard InChI is InChI=1S/C20H21ClN6O2/c1-26(2)11-10-22-20-24-16(14-6-4-3-5-7-14)13-19(25-20)23-17-12-15(21)8-9-18(17)27(28)29/h3-9,12-13H,10-11H2,1-2H3,(H2,22,23,24,25). The summed E-state index contributed by atoms with van der Waals surface area (Å²) in [6.07, 6.45) is 0. The van der Waals surface area contributed by atoms with Crippen molar-refractivity contribution in [3.63, 3.8) is 0 Å². The molecule has 3 rings (SSSR count). The van der Waals surface area contributed by atoms with Gasteiger partial charge in [0.05, 0.1) is 10.6 Å². The fourth-order valence-corrected chi connectivity index (χ4v) is 2.82. The highest BCUT2D eigenvalue weighted by Crippen LogP contribution is 2.31. The summed E-state index contributed by atoms with van der Waals surface area (Å²) in [4.78, 5) is 22.0. The van der Waals surface area contributed by atoms with Crippen LogP contribution in [-0.4, -0.2) is 47.0 Å². The molecule has 150 valence electrons. The van der Waals surface area contributed by atoms with Crippen LogP contribution in [0.5, 0.6) is 0 Å². The molecule has 0 bridgehead atoms. The third-order valence-electron chi connectivity index (χ3n) is 4.06. The lowest BCUT2D eigenvalue weighted by Gasteiger charge is -2.13. The zero-order chi connectivity index (χ0) is 20.8. The van der Waals surface area contributed by atoms with E-state index in [1.165, 1.54) is 18.2 Å². The van der Waals surface area contributed by atoms with Gasteiger partial charge in [-0.25, -0.2) is 4.98 Å². The summed E-state index contributed by atoms with van der Waals surface area (Å²) in [5.41, 5.74) is 1.78. The zero-order valence-electron chi connectivity index (χ0n) is 16.1. The predicted octanol–water partition coefficient (Wildman–Crippen LogP) is 4.42. The molecule has 29 heavy (non-hydrogen) atoms. The maximum atomic E-state index is 11.4. The van der Waals surface area contributed by atoms with Crippen molar-refractivity contribution in [2.75, 3.05) is 37.8 Å². The van der Waals surface area contributed by atoms with Crippen molar-refractivity contribution in [3.8, 4) is 11.3 Å². The summed E-state index contributed by atoms with van der Waals surface area (Å²) in [5.74, 6) is 0.858. The molecular weight excluding hydrogens is 392 g/mol. The Labute approximate surface area is 173 Å². The van der Waals surface area contributed by atoms with Crippen LogP contribution in [-0.2, 0) is 0 Å². The van der Waals surface area contributed by atoms with Crippen LogP contribution in [0.3, 0.4) is 0 Å². The van der Waals surface area contributed by atoms with Crippen molar-refractivity contribution >= 4 is 34.7 Å². The molecule has 0 fully saturated rings. The number of anilines is 3. The first-order valence-corrected chi connectivity index (χ1v) is 9.34. The Morgan fingerprint density at radius 1 is 1.10 bits per heavy atom. The van der Waals surface area contributed by atoms with Gasteiger partial charge in [-0.3, -0.25) is 10.1 Å². The number of hydrogen-bond donors (Lipinski definition) is 2. The van der Waals surface area contributed by atoms with Crippen molar-refractivity contribution in [3.05, 3.63) is 69.7 Å². The van der Waals surface area contributed by atoms with Crippen LogP contribution in [0.25, 0.3) is 11.3 Å². The van der Waals surface area contributed by atoms with E-state index in [1.807, 2.05) is 49.3 Å². The first kappa shape index (κ1) is 20.5. The van der Waals surface area contributed by atoms with E-state index in [9.17, 15) is 10.1 Å². The molecule has 8 nitrogen and oxygen atoms in total. The van der Waals surface area contributed by atoms with E-state index in [0.717, 1.165) is 12.1 Å². The molecule has 9 heteroatoms. The molecule has 1 heterocycles. The maximum absolute atomic E-state index is 11.4. The van der Waals surface area contributed by atoms with Crippen LogP contribution in [0, 0.1) is 10.1 Å². The average Bonchev–Trinajstić information content (AvgIpc) is 2.68. The smallest absolute Gasteiger partial charge is 0.292 e. The van der Waals surface area contributed by atoms with Gasteiger partial charge in [-0.2, -0.15) is 4.98 Å². The van der Waals surface area contributed by atoms with Crippen LogP contribution in [0.1, 0.15) is 0 Å². The number of rotatable bonds is 8. The van der Waals surface area contributed by atoms with Crippen molar-refractivity contribution in [1.82, 2.24) is 14.9 Å². The largest absolute Gasteiger partial charge is 0.353 e. The van der Waals surface area contributed by atoms with Crippen LogP contribution in [0.15, 0.2) is 54.6 Å². The minimum absolute atomic E-state index is 0.0867. The number of hydrogen-bond acceptors (Lipinski definition) is 7. The number of nitrogens with zero attached hydrogens (tertiary/aromatic N) is 4. The van der Waals surface area contributed by atoms with Gasteiger partial charge in [0.2, 0.25) is 5.95 Å². The fraction of sp³-hybridized carbons (Fsp3) is 0.200. The van der Waals surface area contributed by atoms with E-state index in [1.54, 1.807) is 6.07 Å². The molecule has 0 saturated carbocycles. The second-order valence-electron chi connectivity index (χ2n) is 6.60. The van der Waals surface area contributed by atoms with Gasteiger partial charge in [-0.15, -0.1) is 0 Å². The van der Waals surface area contributed by atoms with E-state index in [0.29, 0.717) is 29.0 Å². The Hall–Kier alpha value is -3.23. The Bertz CT molecular complexity index is 998. The summed E-state index contributed by atoms with van der Waals surface area (Å²) in [5, 5.41) is 18.0. The van der Waals surface area contributed by atoms with Gasteiger partial charge >= 0.3 is 0 Å². The SMILES string of the molecule is CN(C)CCNc1nc(Nc2cc(Cl)ccc2[N+](=O)[O-])cc(-c2ccccc2)n1. The van der Waals surface area contributed by atoms with Gasteiger partial charge in [0.15, 0.2) is 0 Å². The van der Waals surface area contributed by atoms with Gasteiger partial charge in [0.25, 0.3) is 5.69 Å². The van der Waals surface area contributed by atoms with E-state index >= 15 is 0 Å². The normalized spacial score (nSPS) is 10.8. The Kier molecular flexibility index (Phi) is 6.58. The lowest BCUT2D eigenvalue weighted by Crippen LogP contribution is -2.21. The van der Waals surface area contributed by atoms with Gasteiger partial charge in [0.1, 0.15) is 11.5 Å². The highest BCUT2D eigenvalue weighted by atomic mass is 35.5. The molecule has 0 atom stereocenters. The van der Waals surface area contributed by atoms with E-state index < -0.39 is 4.92 Å². The van der Waals surface area contributed by atoms with Crippen LogP contribution < -0.4 is 10.6 Å². The average molecular weight is 413 g/mol. The maximum Gasteiger partial charge on any atom is 0.292 e. The Morgan fingerprint density at radius 2 is 1.86 bits per heavy atom. The quantitative estimate of drug-likeness (QED) is 0.417. The molecule has 2 aromatic carbocycles. The first-order chi connectivity index (χ1) is 13.9. The van der Waals surface area contributed by atoms with Gasteiger partial charge in [0, 0.05) is 35.8 Å². The minimum Gasteiger partial charge on any atom is -0.353 e. The number of nitro groups is 1. The second-order valence-corrected chi connectivity index (χ2v) is 7.04. The van der Waals surface area contributed by atoms with E-state index in [2.05, 4.69) is 20.6 Å². The van der Waals surface area contributed by atoms with Crippen LogP contribution in [0.4, 0.5) is 23.1 Å². The molecule has 0 saturated heterocycles. The van der Waals surface area contributed by atoms with Crippen LogP contribution >= 0.6 is 11.6 Å². The van der Waals surface area contributed by atoms with Gasteiger partial charge in [-0.1, -0.05) is 41.9 Å².